The summed E-state index contributed by atoms with van der Waals surface area (Å²) < 4.78 is 29.1. The number of nitrogens with zero attached hydrogens (tertiary/aromatic N) is 5. The molecule has 168 valence electrons. The highest BCUT2D eigenvalue weighted by molar-refractivity contribution is 5.90. The van der Waals surface area contributed by atoms with E-state index in [1.165, 1.54) is 6.42 Å². The summed E-state index contributed by atoms with van der Waals surface area (Å²) in [6.07, 6.45) is 6.48. The van der Waals surface area contributed by atoms with Gasteiger partial charge < -0.3 is 14.6 Å². The Kier molecular flexibility index (Phi) is 4.91. The monoisotopic (exact) mass is 448 g/mol. The van der Waals surface area contributed by atoms with Crippen LogP contribution in [0.1, 0.15) is 12.0 Å². The first-order valence-electron chi connectivity index (χ1n) is 10.9. The summed E-state index contributed by atoms with van der Waals surface area (Å²) in [6, 6.07) is 14.0. The lowest BCUT2D eigenvalue weighted by atomic mass is 9.86. The molecule has 3 saturated heterocycles. The summed E-state index contributed by atoms with van der Waals surface area (Å²) in [6.45, 7) is -0.143. The van der Waals surface area contributed by atoms with Crippen molar-refractivity contribution in [2.75, 3.05) is 18.0 Å². The van der Waals surface area contributed by atoms with Gasteiger partial charge >= 0.3 is 6.61 Å². The van der Waals surface area contributed by atoms with E-state index in [1.54, 1.807) is 18.5 Å². The van der Waals surface area contributed by atoms with E-state index >= 15 is 0 Å². The summed E-state index contributed by atoms with van der Waals surface area (Å²) in [5, 5.41) is 0.982. The van der Waals surface area contributed by atoms with Crippen LogP contribution in [0.25, 0.3) is 22.3 Å². The number of nitrogens with one attached hydrogen (secondary N) is 1. The van der Waals surface area contributed by atoms with Crippen LogP contribution in [0.2, 0.25) is 0 Å². The van der Waals surface area contributed by atoms with Crippen LogP contribution < -0.4 is 9.64 Å². The number of piperazine rings is 1. The molecular formula is C24H22F2N6O. The largest absolute Gasteiger partial charge is 0.435 e. The third-order valence-corrected chi connectivity index (χ3v) is 6.56. The molecule has 3 aliphatic rings. The van der Waals surface area contributed by atoms with Gasteiger partial charge in [0.25, 0.3) is 0 Å². The van der Waals surface area contributed by atoms with Crippen LogP contribution >= 0.6 is 0 Å². The van der Waals surface area contributed by atoms with E-state index in [2.05, 4.69) is 41.6 Å². The van der Waals surface area contributed by atoms with Gasteiger partial charge in [-0.3, -0.25) is 4.90 Å². The third kappa shape index (κ3) is 3.78. The molecule has 2 bridgehead atoms. The molecule has 6 heterocycles. The highest BCUT2D eigenvalue weighted by atomic mass is 19.3. The standard InChI is InChI=1S/C24H22F2N6O/c25-24(26)33-19-4-1-15(2-5-19)11-32-17-9-18(32)13-31(12-17)21-6-3-16(10-28-21)22-20-7-8-27-23(20)30-14-29-22/h1-8,10,14,17-18,24H,9,11-13H2,(H,27,29,30). The van der Waals surface area contributed by atoms with Gasteiger partial charge in [-0.05, 0) is 42.3 Å². The number of fused-ring (bicyclic) bond motifs is 3. The van der Waals surface area contributed by atoms with Crippen molar-refractivity contribution in [3.8, 4) is 17.0 Å². The molecule has 3 aliphatic heterocycles. The Labute approximate surface area is 189 Å². The lowest BCUT2D eigenvalue weighted by Crippen LogP contribution is -2.68. The van der Waals surface area contributed by atoms with Crippen LogP contribution in [0.15, 0.2) is 61.2 Å². The third-order valence-electron chi connectivity index (χ3n) is 6.56. The zero-order valence-corrected chi connectivity index (χ0v) is 17.7. The van der Waals surface area contributed by atoms with Crippen LogP contribution in [0.3, 0.4) is 0 Å². The van der Waals surface area contributed by atoms with E-state index in [0.29, 0.717) is 12.1 Å². The maximum Gasteiger partial charge on any atom is 0.387 e. The molecule has 3 aromatic heterocycles. The minimum Gasteiger partial charge on any atom is -0.435 e. The molecule has 0 spiro atoms. The number of halogens is 2. The summed E-state index contributed by atoms with van der Waals surface area (Å²) in [7, 11) is 0. The summed E-state index contributed by atoms with van der Waals surface area (Å²) in [4.78, 5) is 21.4. The average molecular weight is 448 g/mol. The number of aromatic nitrogens is 4. The Morgan fingerprint density at radius 1 is 1.00 bits per heavy atom. The van der Waals surface area contributed by atoms with Crippen molar-refractivity contribution in [3.05, 3.63) is 66.7 Å². The van der Waals surface area contributed by atoms with Crippen LogP contribution in [-0.2, 0) is 6.54 Å². The van der Waals surface area contributed by atoms with Crippen molar-refractivity contribution < 1.29 is 13.5 Å². The number of anilines is 1. The topological polar surface area (TPSA) is 70.2 Å². The first-order valence-corrected chi connectivity index (χ1v) is 10.9. The first kappa shape index (κ1) is 20.0. The van der Waals surface area contributed by atoms with E-state index < -0.39 is 6.61 Å². The number of aromatic amines is 1. The molecule has 33 heavy (non-hydrogen) atoms. The highest BCUT2D eigenvalue weighted by Gasteiger charge is 2.44. The van der Waals surface area contributed by atoms with Crippen molar-refractivity contribution in [2.45, 2.75) is 31.7 Å². The second-order valence-corrected chi connectivity index (χ2v) is 8.51. The fraction of sp³-hybridized carbons (Fsp3) is 0.292. The van der Waals surface area contributed by atoms with Crippen molar-refractivity contribution >= 4 is 16.9 Å². The number of piperidine rings is 1. The lowest BCUT2D eigenvalue weighted by Gasteiger charge is -2.56. The number of H-pyrrole nitrogens is 1. The van der Waals surface area contributed by atoms with Gasteiger partial charge in [-0.15, -0.1) is 0 Å². The maximum absolute atomic E-state index is 12.3. The van der Waals surface area contributed by atoms with Gasteiger partial charge in [-0.1, -0.05) is 12.1 Å². The van der Waals surface area contributed by atoms with Gasteiger partial charge in [0.1, 0.15) is 23.5 Å². The van der Waals surface area contributed by atoms with Gasteiger partial charge in [0.15, 0.2) is 0 Å². The number of benzene rings is 1. The number of alkyl halides is 2. The van der Waals surface area contributed by atoms with Gasteiger partial charge in [0.2, 0.25) is 0 Å². The van der Waals surface area contributed by atoms with Crippen LogP contribution in [0.4, 0.5) is 14.6 Å². The van der Waals surface area contributed by atoms with Crippen LogP contribution in [-0.4, -0.2) is 56.6 Å². The molecule has 7 rings (SSSR count). The zero-order chi connectivity index (χ0) is 22.4. The number of hydrogen-bond acceptors (Lipinski definition) is 6. The Balaban J connectivity index is 1.11. The van der Waals surface area contributed by atoms with Gasteiger partial charge in [-0.2, -0.15) is 8.78 Å². The number of pyridine rings is 1. The Morgan fingerprint density at radius 2 is 1.82 bits per heavy atom. The Morgan fingerprint density at radius 3 is 2.55 bits per heavy atom. The van der Waals surface area contributed by atoms with E-state index in [1.807, 2.05) is 30.6 Å². The Hall–Kier alpha value is -3.59. The first-order chi connectivity index (χ1) is 16.1. The molecule has 1 N–H and O–H groups in total. The van der Waals surface area contributed by atoms with Gasteiger partial charge in [0.05, 0.1) is 5.69 Å². The van der Waals surface area contributed by atoms with Gasteiger partial charge in [0, 0.05) is 55.1 Å². The lowest BCUT2D eigenvalue weighted by molar-refractivity contribution is -0.0498. The Bertz CT molecular complexity index is 1250. The number of rotatable bonds is 6. The fourth-order valence-electron chi connectivity index (χ4n) is 4.94. The average Bonchev–Trinajstić information content (AvgIpc) is 3.32. The quantitative estimate of drug-likeness (QED) is 0.479. The molecule has 0 amide bonds. The molecule has 7 nitrogen and oxygen atoms in total. The van der Waals surface area contributed by atoms with E-state index in [4.69, 9.17) is 4.98 Å². The van der Waals surface area contributed by atoms with Crippen molar-refractivity contribution in [1.29, 1.82) is 0 Å². The van der Waals surface area contributed by atoms with Crippen LogP contribution in [0, 0.1) is 0 Å². The maximum atomic E-state index is 12.3. The molecule has 9 heteroatoms. The van der Waals surface area contributed by atoms with E-state index in [0.717, 1.165) is 53.3 Å². The van der Waals surface area contributed by atoms with Crippen molar-refractivity contribution in [3.63, 3.8) is 0 Å². The molecule has 2 atom stereocenters. The van der Waals surface area contributed by atoms with Gasteiger partial charge in [-0.25, -0.2) is 15.0 Å². The van der Waals surface area contributed by atoms with E-state index in [-0.39, 0.29) is 5.75 Å². The predicted molar refractivity (Wildman–Crippen MR) is 120 cm³/mol. The smallest absolute Gasteiger partial charge is 0.387 e. The molecule has 0 radical (unpaired) electrons. The SMILES string of the molecule is FC(F)Oc1ccc(CN2C3CC2CN(c2ccc(-c4ncnc5[nH]ccc45)cn2)C3)cc1. The molecule has 2 unspecified atom stereocenters. The fourth-order valence-corrected chi connectivity index (χ4v) is 4.94. The van der Waals surface area contributed by atoms with Crippen molar-refractivity contribution in [2.24, 2.45) is 0 Å². The molecule has 4 aromatic rings. The molecule has 0 saturated carbocycles. The zero-order valence-electron chi connectivity index (χ0n) is 17.7. The molecule has 1 aromatic carbocycles. The number of hydrogen-bond donors (Lipinski definition) is 1. The number of ether oxygens (including phenoxy) is 1. The summed E-state index contributed by atoms with van der Waals surface area (Å²) in [5.74, 6) is 1.17. The second kappa shape index (κ2) is 8.08. The molecular weight excluding hydrogens is 426 g/mol. The van der Waals surface area contributed by atoms with Crippen molar-refractivity contribution in [1.82, 2.24) is 24.8 Å². The summed E-state index contributed by atoms with van der Waals surface area (Å²) >= 11 is 0. The predicted octanol–water partition coefficient (Wildman–Crippen LogP) is 4.08. The molecule has 3 fully saturated rings. The molecule has 0 aliphatic carbocycles. The normalized spacial score (nSPS) is 20.3. The summed E-state index contributed by atoms with van der Waals surface area (Å²) in [5.41, 5.74) is 3.76. The van der Waals surface area contributed by atoms with E-state index in [9.17, 15) is 8.78 Å². The van der Waals surface area contributed by atoms with Crippen LogP contribution in [0.5, 0.6) is 5.75 Å². The highest BCUT2D eigenvalue weighted by Crippen LogP contribution is 2.36. The minimum absolute atomic E-state index is 0.192. The minimum atomic E-state index is -2.80. The second-order valence-electron chi connectivity index (χ2n) is 8.51.